The maximum absolute atomic E-state index is 13.5. The largest absolute Gasteiger partial charge is 0.467 e. The number of carbonyl (C=O) groups excluding carboxylic acids is 2. The second-order valence-corrected chi connectivity index (χ2v) is 4.80. The van der Waals surface area contributed by atoms with Crippen LogP contribution in [0.4, 0.5) is 8.78 Å². The molecular formula is C14H17F2NO3. The molecule has 1 amide bonds. The van der Waals surface area contributed by atoms with Crippen molar-refractivity contribution in [2.24, 2.45) is 5.92 Å². The van der Waals surface area contributed by atoms with Crippen molar-refractivity contribution in [3.05, 3.63) is 35.4 Å². The van der Waals surface area contributed by atoms with Gasteiger partial charge in [-0.1, -0.05) is 13.8 Å². The summed E-state index contributed by atoms with van der Waals surface area (Å²) in [6.45, 7) is 3.75. The maximum Gasteiger partial charge on any atom is 0.328 e. The summed E-state index contributed by atoms with van der Waals surface area (Å²) in [7, 11) is 1.21. The third kappa shape index (κ3) is 4.29. The van der Waals surface area contributed by atoms with E-state index in [4.69, 9.17) is 0 Å². The van der Waals surface area contributed by atoms with Crippen LogP contribution in [0.5, 0.6) is 0 Å². The van der Waals surface area contributed by atoms with Crippen LogP contribution in [0.25, 0.3) is 0 Å². The molecule has 0 aliphatic heterocycles. The van der Waals surface area contributed by atoms with E-state index in [1.165, 1.54) is 7.11 Å². The molecule has 1 aromatic rings. The molecule has 6 heteroatoms. The highest BCUT2D eigenvalue weighted by atomic mass is 19.1. The van der Waals surface area contributed by atoms with Crippen molar-refractivity contribution >= 4 is 11.9 Å². The van der Waals surface area contributed by atoms with E-state index in [1.807, 2.05) is 13.8 Å². The smallest absolute Gasteiger partial charge is 0.328 e. The maximum atomic E-state index is 13.5. The predicted molar refractivity (Wildman–Crippen MR) is 69.1 cm³/mol. The van der Waals surface area contributed by atoms with Crippen molar-refractivity contribution < 1.29 is 23.1 Å². The van der Waals surface area contributed by atoms with Crippen LogP contribution in [-0.2, 0) is 9.53 Å². The Morgan fingerprint density at radius 3 is 2.45 bits per heavy atom. The Labute approximate surface area is 116 Å². The molecule has 0 saturated heterocycles. The lowest BCUT2D eigenvalue weighted by Crippen LogP contribution is -2.42. The minimum atomic E-state index is -0.976. The first kappa shape index (κ1) is 16.1. The molecule has 1 atom stereocenters. The fraction of sp³-hybridized carbons (Fsp3) is 0.429. The highest BCUT2D eigenvalue weighted by Gasteiger charge is 2.24. The molecule has 0 bridgehead atoms. The van der Waals surface area contributed by atoms with Gasteiger partial charge in [-0.3, -0.25) is 4.79 Å². The Morgan fingerprint density at radius 2 is 1.95 bits per heavy atom. The third-order valence-corrected chi connectivity index (χ3v) is 2.67. The van der Waals surface area contributed by atoms with Gasteiger partial charge in [-0.25, -0.2) is 13.6 Å². The van der Waals surface area contributed by atoms with Crippen LogP contribution in [0.2, 0.25) is 0 Å². The molecule has 0 radical (unpaired) electrons. The fourth-order valence-electron chi connectivity index (χ4n) is 1.74. The normalized spacial score (nSPS) is 12.1. The minimum Gasteiger partial charge on any atom is -0.467 e. The first-order valence-corrected chi connectivity index (χ1v) is 6.19. The van der Waals surface area contributed by atoms with Gasteiger partial charge in [0.25, 0.3) is 5.91 Å². The average Bonchev–Trinajstić information content (AvgIpc) is 2.36. The van der Waals surface area contributed by atoms with Gasteiger partial charge >= 0.3 is 5.97 Å². The lowest BCUT2D eigenvalue weighted by atomic mass is 10.0. The molecule has 0 spiro atoms. The van der Waals surface area contributed by atoms with Gasteiger partial charge in [-0.2, -0.15) is 0 Å². The zero-order valence-electron chi connectivity index (χ0n) is 11.6. The van der Waals surface area contributed by atoms with Crippen LogP contribution in [-0.4, -0.2) is 25.0 Å². The first-order valence-electron chi connectivity index (χ1n) is 6.19. The summed E-state index contributed by atoms with van der Waals surface area (Å²) in [4.78, 5) is 23.5. The van der Waals surface area contributed by atoms with Gasteiger partial charge in [-0.05, 0) is 24.5 Å². The molecule has 0 heterocycles. The Kier molecular flexibility index (Phi) is 5.61. The number of methoxy groups -OCH3 is 1. The fourth-order valence-corrected chi connectivity index (χ4v) is 1.74. The van der Waals surface area contributed by atoms with Gasteiger partial charge in [0.2, 0.25) is 0 Å². The molecular weight excluding hydrogens is 268 g/mol. The van der Waals surface area contributed by atoms with Gasteiger partial charge < -0.3 is 10.1 Å². The molecule has 0 aliphatic carbocycles. The Morgan fingerprint density at radius 1 is 1.30 bits per heavy atom. The molecule has 1 rings (SSSR count). The number of carbonyl (C=O) groups is 2. The second kappa shape index (κ2) is 6.98. The number of ether oxygens (including phenoxy) is 1. The summed E-state index contributed by atoms with van der Waals surface area (Å²) in [5, 5.41) is 2.40. The van der Waals surface area contributed by atoms with Crippen LogP contribution in [0.1, 0.15) is 30.6 Å². The monoisotopic (exact) mass is 285 g/mol. The van der Waals surface area contributed by atoms with Crippen molar-refractivity contribution in [2.45, 2.75) is 26.3 Å². The van der Waals surface area contributed by atoms with Crippen molar-refractivity contribution in [3.63, 3.8) is 0 Å². The highest BCUT2D eigenvalue weighted by molar-refractivity contribution is 5.97. The van der Waals surface area contributed by atoms with E-state index in [9.17, 15) is 18.4 Å². The molecule has 1 aromatic carbocycles. The molecule has 0 aromatic heterocycles. The summed E-state index contributed by atoms with van der Waals surface area (Å²) in [5.74, 6) is -2.99. The van der Waals surface area contributed by atoms with Crippen LogP contribution in [0.15, 0.2) is 18.2 Å². The summed E-state index contributed by atoms with van der Waals surface area (Å²) in [6.07, 6.45) is 0.362. The Balaban J connectivity index is 2.87. The lowest BCUT2D eigenvalue weighted by Gasteiger charge is -2.18. The molecule has 0 aliphatic rings. The second-order valence-electron chi connectivity index (χ2n) is 4.80. The molecule has 1 unspecified atom stereocenters. The van der Waals surface area contributed by atoms with E-state index in [0.717, 1.165) is 12.1 Å². The number of amides is 1. The molecule has 0 saturated carbocycles. The molecule has 4 nitrogen and oxygen atoms in total. The average molecular weight is 285 g/mol. The van der Waals surface area contributed by atoms with Crippen LogP contribution in [0, 0.1) is 17.6 Å². The van der Waals surface area contributed by atoms with Gasteiger partial charge in [0.05, 0.1) is 12.7 Å². The van der Waals surface area contributed by atoms with Crippen molar-refractivity contribution in [1.29, 1.82) is 0 Å². The number of rotatable bonds is 5. The quantitative estimate of drug-likeness (QED) is 0.844. The minimum absolute atomic E-state index is 0.137. The molecule has 20 heavy (non-hydrogen) atoms. The van der Waals surface area contributed by atoms with Gasteiger partial charge in [0.15, 0.2) is 0 Å². The number of nitrogens with one attached hydrogen (secondary N) is 1. The SMILES string of the molecule is COC(=O)C(CC(C)C)NC(=O)c1ccc(F)cc1F. The summed E-state index contributed by atoms with van der Waals surface area (Å²) < 4.78 is 30.9. The van der Waals surface area contributed by atoms with Crippen molar-refractivity contribution in [3.8, 4) is 0 Å². The van der Waals surface area contributed by atoms with Crippen LogP contribution < -0.4 is 5.32 Å². The number of halogens is 2. The zero-order valence-corrected chi connectivity index (χ0v) is 11.6. The number of hydrogen-bond acceptors (Lipinski definition) is 3. The number of esters is 1. The summed E-state index contributed by atoms with van der Waals surface area (Å²) in [6, 6.07) is 1.76. The Hall–Kier alpha value is -1.98. The van der Waals surface area contributed by atoms with Gasteiger partial charge in [0.1, 0.15) is 17.7 Å². The summed E-state index contributed by atoms with van der Waals surface area (Å²) >= 11 is 0. The van der Waals surface area contributed by atoms with Gasteiger partial charge in [0, 0.05) is 6.07 Å². The molecule has 0 fully saturated rings. The molecule has 1 N–H and O–H groups in total. The standard InChI is InChI=1S/C14H17F2NO3/c1-8(2)6-12(14(19)20-3)17-13(18)10-5-4-9(15)7-11(10)16/h4-5,7-8,12H,6H2,1-3H3,(H,17,18). The predicted octanol–water partition coefficient (Wildman–Crippen LogP) is 2.28. The number of hydrogen-bond donors (Lipinski definition) is 1. The summed E-state index contributed by atoms with van der Waals surface area (Å²) in [5.41, 5.74) is -0.316. The van der Waals surface area contributed by atoms with Crippen molar-refractivity contribution in [2.75, 3.05) is 7.11 Å². The number of benzene rings is 1. The zero-order chi connectivity index (χ0) is 15.3. The van der Waals surface area contributed by atoms with Crippen LogP contribution in [0.3, 0.4) is 0 Å². The first-order chi connectivity index (χ1) is 9.35. The molecule has 110 valence electrons. The van der Waals surface area contributed by atoms with Gasteiger partial charge in [-0.15, -0.1) is 0 Å². The van der Waals surface area contributed by atoms with Crippen molar-refractivity contribution in [1.82, 2.24) is 5.32 Å². The van der Waals surface area contributed by atoms with E-state index in [1.54, 1.807) is 0 Å². The third-order valence-electron chi connectivity index (χ3n) is 2.67. The highest BCUT2D eigenvalue weighted by Crippen LogP contribution is 2.12. The van der Waals surface area contributed by atoms with E-state index in [0.29, 0.717) is 12.5 Å². The van der Waals surface area contributed by atoms with E-state index >= 15 is 0 Å². The Bertz CT molecular complexity index is 503. The van der Waals surface area contributed by atoms with Crippen LogP contribution >= 0.6 is 0 Å². The van der Waals surface area contributed by atoms with E-state index in [-0.39, 0.29) is 11.5 Å². The van der Waals surface area contributed by atoms with E-state index < -0.39 is 29.6 Å². The topological polar surface area (TPSA) is 55.4 Å². The lowest BCUT2D eigenvalue weighted by molar-refractivity contribution is -0.143. The van der Waals surface area contributed by atoms with E-state index in [2.05, 4.69) is 10.1 Å².